The number of nitrogens with zero attached hydrogens (tertiary/aromatic N) is 4. The number of rotatable bonds is 4. The second kappa shape index (κ2) is 6.20. The second-order valence-electron chi connectivity index (χ2n) is 6.17. The zero-order valence-electron chi connectivity index (χ0n) is 13.7. The molecule has 0 aliphatic carbocycles. The van der Waals surface area contributed by atoms with Gasteiger partial charge in [-0.05, 0) is 50.2 Å². The van der Waals surface area contributed by atoms with Gasteiger partial charge in [-0.15, -0.1) is 0 Å². The summed E-state index contributed by atoms with van der Waals surface area (Å²) in [6, 6.07) is 6.97. The Balaban J connectivity index is 1.75. The molecule has 2 aromatic heterocycles. The highest BCUT2D eigenvalue weighted by molar-refractivity contribution is 5.79. The van der Waals surface area contributed by atoms with Gasteiger partial charge in [-0.2, -0.15) is 5.10 Å². The number of anilines is 1. The van der Waals surface area contributed by atoms with Crippen LogP contribution in [-0.4, -0.2) is 39.6 Å². The molecule has 1 aliphatic heterocycles. The van der Waals surface area contributed by atoms with Crippen LogP contribution in [0.4, 0.5) is 10.1 Å². The summed E-state index contributed by atoms with van der Waals surface area (Å²) in [6.07, 6.45) is 6.08. The van der Waals surface area contributed by atoms with E-state index in [2.05, 4.69) is 15.3 Å². The van der Waals surface area contributed by atoms with E-state index in [0.717, 1.165) is 31.0 Å². The number of hydrogen-bond acceptors (Lipinski definition) is 4. The van der Waals surface area contributed by atoms with Crippen molar-refractivity contribution in [3.05, 3.63) is 48.2 Å². The maximum absolute atomic E-state index is 14.3. The van der Waals surface area contributed by atoms with Gasteiger partial charge in [0.1, 0.15) is 5.82 Å². The van der Waals surface area contributed by atoms with Gasteiger partial charge in [-0.3, -0.25) is 4.90 Å². The fraction of sp³-hybridized carbons (Fsp3) is 0.333. The van der Waals surface area contributed by atoms with Crippen molar-refractivity contribution < 1.29 is 4.39 Å². The molecule has 1 aliphatic rings. The Labute approximate surface area is 140 Å². The lowest BCUT2D eigenvalue weighted by Gasteiger charge is -2.13. The molecule has 0 atom stereocenters. The van der Waals surface area contributed by atoms with Crippen molar-refractivity contribution >= 4 is 11.3 Å². The summed E-state index contributed by atoms with van der Waals surface area (Å²) in [6.45, 7) is 3.08. The van der Waals surface area contributed by atoms with Crippen molar-refractivity contribution in [2.24, 2.45) is 0 Å². The Morgan fingerprint density at radius 1 is 1.17 bits per heavy atom. The highest BCUT2D eigenvalue weighted by atomic mass is 19.1. The molecular weight excluding hydrogens is 305 g/mol. The van der Waals surface area contributed by atoms with E-state index in [1.807, 2.05) is 19.3 Å². The van der Waals surface area contributed by atoms with Crippen LogP contribution in [0.5, 0.6) is 0 Å². The summed E-state index contributed by atoms with van der Waals surface area (Å²) < 4.78 is 16.0. The van der Waals surface area contributed by atoms with Crippen molar-refractivity contribution in [2.75, 3.05) is 25.5 Å². The average Bonchev–Trinajstić information content (AvgIpc) is 3.25. The molecule has 0 unspecified atom stereocenters. The molecule has 3 heterocycles. The molecule has 0 bridgehead atoms. The molecule has 1 N–H and O–H groups in total. The third-order valence-electron chi connectivity index (χ3n) is 4.56. The summed E-state index contributed by atoms with van der Waals surface area (Å²) >= 11 is 0. The lowest BCUT2D eigenvalue weighted by molar-refractivity contribution is 0.327. The molecule has 6 heteroatoms. The normalized spacial score (nSPS) is 15.2. The predicted octanol–water partition coefficient (Wildman–Crippen LogP) is 3.17. The molecule has 1 aromatic carbocycles. The van der Waals surface area contributed by atoms with Crippen molar-refractivity contribution in [1.29, 1.82) is 0 Å². The van der Waals surface area contributed by atoms with E-state index in [1.54, 1.807) is 22.8 Å². The summed E-state index contributed by atoms with van der Waals surface area (Å²) in [5.41, 5.74) is 3.78. The number of nitrogens with one attached hydrogen (secondary N) is 1. The molecule has 0 spiro atoms. The van der Waals surface area contributed by atoms with E-state index < -0.39 is 0 Å². The van der Waals surface area contributed by atoms with Crippen LogP contribution in [0.1, 0.15) is 18.5 Å². The topological polar surface area (TPSA) is 45.5 Å². The highest BCUT2D eigenvalue weighted by Gasteiger charge is 2.16. The van der Waals surface area contributed by atoms with Crippen molar-refractivity contribution in [3.8, 4) is 11.1 Å². The SMILES string of the molecule is CNc1ccc(F)c(-c2cnn3ccc(CN4CCCC4)nc23)c1. The van der Waals surface area contributed by atoms with Gasteiger partial charge in [0.2, 0.25) is 0 Å². The van der Waals surface area contributed by atoms with E-state index >= 15 is 0 Å². The Bertz CT molecular complexity index is 867. The molecule has 3 aromatic rings. The average molecular weight is 325 g/mol. The Morgan fingerprint density at radius 2 is 2.00 bits per heavy atom. The number of aromatic nitrogens is 3. The van der Waals surface area contributed by atoms with Crippen LogP contribution in [0, 0.1) is 5.82 Å². The van der Waals surface area contributed by atoms with Crippen LogP contribution in [0.3, 0.4) is 0 Å². The number of halogens is 1. The lowest BCUT2D eigenvalue weighted by Crippen LogP contribution is -2.19. The molecule has 0 radical (unpaired) electrons. The summed E-state index contributed by atoms with van der Waals surface area (Å²) in [5, 5.41) is 7.36. The van der Waals surface area contributed by atoms with Crippen LogP contribution < -0.4 is 5.32 Å². The van der Waals surface area contributed by atoms with Gasteiger partial charge >= 0.3 is 0 Å². The fourth-order valence-corrected chi connectivity index (χ4v) is 3.24. The summed E-state index contributed by atoms with van der Waals surface area (Å²) in [5.74, 6) is -0.268. The van der Waals surface area contributed by atoms with E-state index in [9.17, 15) is 4.39 Å². The molecular formula is C18H20FN5. The first-order valence-corrected chi connectivity index (χ1v) is 8.28. The number of fused-ring (bicyclic) bond motifs is 1. The number of benzene rings is 1. The maximum Gasteiger partial charge on any atom is 0.163 e. The number of hydrogen-bond donors (Lipinski definition) is 1. The van der Waals surface area contributed by atoms with Gasteiger partial charge in [-0.1, -0.05) is 0 Å². The monoisotopic (exact) mass is 325 g/mol. The zero-order chi connectivity index (χ0) is 16.5. The maximum atomic E-state index is 14.3. The molecule has 1 saturated heterocycles. The molecule has 0 amide bonds. The minimum Gasteiger partial charge on any atom is -0.388 e. The number of likely N-dealkylation sites (tertiary alicyclic amines) is 1. The Kier molecular flexibility index (Phi) is 3.90. The quantitative estimate of drug-likeness (QED) is 0.800. The molecule has 24 heavy (non-hydrogen) atoms. The highest BCUT2D eigenvalue weighted by Crippen LogP contribution is 2.28. The minimum atomic E-state index is -0.268. The third kappa shape index (κ3) is 2.73. The van der Waals surface area contributed by atoms with E-state index in [-0.39, 0.29) is 5.82 Å². The molecule has 4 rings (SSSR count). The molecule has 1 fully saturated rings. The Morgan fingerprint density at radius 3 is 2.79 bits per heavy atom. The Hall–Kier alpha value is -2.47. The van der Waals surface area contributed by atoms with E-state index in [0.29, 0.717) is 16.8 Å². The summed E-state index contributed by atoms with van der Waals surface area (Å²) in [7, 11) is 1.82. The van der Waals surface area contributed by atoms with Gasteiger partial charge in [0.25, 0.3) is 0 Å². The van der Waals surface area contributed by atoms with Crippen LogP contribution in [0.15, 0.2) is 36.7 Å². The fourth-order valence-electron chi connectivity index (χ4n) is 3.24. The van der Waals surface area contributed by atoms with Gasteiger partial charge < -0.3 is 5.32 Å². The standard InChI is InChI=1S/C18H20FN5/c1-20-13-4-5-17(19)15(10-13)16-11-21-24-9-6-14(22-18(16)24)12-23-7-2-3-8-23/h4-6,9-11,20H,2-3,7-8,12H2,1H3. The van der Waals surface area contributed by atoms with Crippen molar-refractivity contribution in [1.82, 2.24) is 19.5 Å². The van der Waals surface area contributed by atoms with Gasteiger partial charge in [0, 0.05) is 36.6 Å². The molecule has 5 nitrogen and oxygen atoms in total. The van der Waals surface area contributed by atoms with Crippen LogP contribution in [-0.2, 0) is 6.54 Å². The molecule has 124 valence electrons. The van der Waals surface area contributed by atoms with E-state index in [1.165, 1.54) is 18.9 Å². The third-order valence-corrected chi connectivity index (χ3v) is 4.56. The minimum absolute atomic E-state index is 0.268. The van der Waals surface area contributed by atoms with Crippen LogP contribution >= 0.6 is 0 Å². The van der Waals surface area contributed by atoms with Gasteiger partial charge in [0.05, 0.1) is 11.9 Å². The molecule has 0 saturated carbocycles. The van der Waals surface area contributed by atoms with Crippen LogP contribution in [0.25, 0.3) is 16.8 Å². The smallest absolute Gasteiger partial charge is 0.163 e. The first-order chi connectivity index (χ1) is 11.7. The van der Waals surface area contributed by atoms with Gasteiger partial charge in [-0.25, -0.2) is 13.9 Å². The first kappa shape index (κ1) is 15.1. The lowest BCUT2D eigenvalue weighted by atomic mass is 10.1. The van der Waals surface area contributed by atoms with Gasteiger partial charge in [0.15, 0.2) is 5.65 Å². The van der Waals surface area contributed by atoms with Crippen molar-refractivity contribution in [3.63, 3.8) is 0 Å². The largest absolute Gasteiger partial charge is 0.388 e. The summed E-state index contributed by atoms with van der Waals surface area (Å²) in [4.78, 5) is 7.14. The van der Waals surface area contributed by atoms with E-state index in [4.69, 9.17) is 4.98 Å². The van der Waals surface area contributed by atoms with Crippen molar-refractivity contribution in [2.45, 2.75) is 19.4 Å². The zero-order valence-corrected chi connectivity index (χ0v) is 13.7. The first-order valence-electron chi connectivity index (χ1n) is 8.28. The van der Waals surface area contributed by atoms with Crippen LogP contribution in [0.2, 0.25) is 0 Å². The predicted molar refractivity (Wildman–Crippen MR) is 92.4 cm³/mol. The second-order valence-corrected chi connectivity index (χ2v) is 6.17.